The van der Waals surface area contributed by atoms with E-state index in [1.54, 1.807) is 13.0 Å². The monoisotopic (exact) mass is 308 g/mol. The van der Waals surface area contributed by atoms with Crippen molar-refractivity contribution < 1.29 is 9.18 Å². The van der Waals surface area contributed by atoms with Crippen molar-refractivity contribution in [2.24, 2.45) is 0 Å². The molecule has 13 heavy (non-hydrogen) atoms. The van der Waals surface area contributed by atoms with Gasteiger partial charge in [-0.2, -0.15) is 0 Å². The van der Waals surface area contributed by atoms with Gasteiger partial charge in [0.1, 0.15) is 5.82 Å². The predicted octanol–water partition coefficient (Wildman–Crippen LogP) is 3.47. The number of aryl methyl sites for hydroxylation is 1. The summed E-state index contributed by atoms with van der Waals surface area (Å²) in [6.45, 7) is 1.63. The molecule has 0 fully saturated rings. The number of carbonyl (C=O) groups is 1. The van der Waals surface area contributed by atoms with Crippen LogP contribution in [0.25, 0.3) is 0 Å². The Bertz CT molecular complexity index is 326. The van der Waals surface area contributed by atoms with Gasteiger partial charge in [0.2, 0.25) is 0 Å². The maximum absolute atomic E-state index is 13.1. The van der Waals surface area contributed by atoms with Crippen molar-refractivity contribution in [3.05, 3.63) is 33.5 Å². The van der Waals surface area contributed by atoms with Gasteiger partial charge in [-0.3, -0.25) is 4.79 Å². The Labute approximate surface area is 92.6 Å². The minimum Gasteiger partial charge on any atom is -0.293 e. The third-order valence-corrected chi connectivity index (χ3v) is 2.74. The van der Waals surface area contributed by atoms with Crippen LogP contribution < -0.4 is 0 Å². The van der Waals surface area contributed by atoms with E-state index in [1.807, 2.05) is 0 Å². The highest BCUT2D eigenvalue weighted by atomic mass is 79.9. The van der Waals surface area contributed by atoms with Gasteiger partial charge in [0.25, 0.3) is 0 Å². The summed E-state index contributed by atoms with van der Waals surface area (Å²) in [7, 11) is 0. The molecule has 1 rings (SSSR count). The number of Topliss-reactive ketones (excluding diaryl/α,β-unsaturated/α-hetero) is 1. The number of carbonyl (C=O) groups excluding carboxylic acids is 1. The van der Waals surface area contributed by atoms with Crippen LogP contribution in [0, 0.1) is 12.7 Å². The van der Waals surface area contributed by atoms with Crippen molar-refractivity contribution >= 4 is 37.6 Å². The van der Waals surface area contributed by atoms with Crippen molar-refractivity contribution in [2.75, 3.05) is 5.33 Å². The molecule has 70 valence electrons. The molecule has 0 saturated carbocycles. The molecule has 0 N–H and O–H groups in total. The largest absolute Gasteiger partial charge is 0.293 e. The number of halogens is 3. The van der Waals surface area contributed by atoms with Crippen molar-refractivity contribution in [1.29, 1.82) is 0 Å². The summed E-state index contributed by atoms with van der Waals surface area (Å²) in [5, 5.41) is 0.254. The Morgan fingerprint density at radius 3 is 2.62 bits per heavy atom. The van der Waals surface area contributed by atoms with E-state index in [4.69, 9.17) is 0 Å². The lowest BCUT2D eigenvalue weighted by molar-refractivity contribution is 0.102. The van der Waals surface area contributed by atoms with Crippen molar-refractivity contribution in [2.45, 2.75) is 6.92 Å². The Balaban J connectivity index is 3.20. The Morgan fingerprint density at radius 2 is 2.15 bits per heavy atom. The third kappa shape index (κ3) is 2.38. The van der Waals surface area contributed by atoms with Crippen molar-refractivity contribution in [1.82, 2.24) is 0 Å². The van der Waals surface area contributed by atoms with Gasteiger partial charge in [-0.05, 0) is 40.5 Å². The lowest BCUT2D eigenvalue weighted by Gasteiger charge is -2.02. The highest BCUT2D eigenvalue weighted by Crippen LogP contribution is 2.21. The lowest BCUT2D eigenvalue weighted by Crippen LogP contribution is -2.01. The maximum atomic E-state index is 13.1. The van der Waals surface area contributed by atoms with Gasteiger partial charge in [0.05, 0.1) is 9.80 Å². The first-order chi connectivity index (χ1) is 6.06. The Kier molecular flexibility index (Phi) is 3.62. The standard InChI is InChI=1S/C9H7Br2FO/c1-5-2-6(8(13)4-10)3-7(11)9(5)12/h2-3H,4H2,1H3. The predicted molar refractivity (Wildman–Crippen MR) is 57.0 cm³/mol. The molecule has 0 amide bonds. The van der Waals surface area contributed by atoms with Gasteiger partial charge < -0.3 is 0 Å². The highest BCUT2D eigenvalue weighted by molar-refractivity contribution is 9.10. The second kappa shape index (κ2) is 4.33. The van der Waals surface area contributed by atoms with Gasteiger partial charge >= 0.3 is 0 Å². The first-order valence-corrected chi connectivity index (χ1v) is 5.52. The second-order valence-corrected chi connectivity index (χ2v) is 4.06. The van der Waals surface area contributed by atoms with Crippen LogP contribution in [0.15, 0.2) is 16.6 Å². The normalized spacial score (nSPS) is 10.2. The molecular weight excluding hydrogens is 303 g/mol. The van der Waals surface area contributed by atoms with Gasteiger partial charge in [-0.25, -0.2) is 4.39 Å². The summed E-state index contributed by atoms with van der Waals surface area (Å²) in [4.78, 5) is 11.2. The van der Waals surface area contributed by atoms with Crippen LogP contribution in [0.2, 0.25) is 0 Å². The molecule has 0 aliphatic carbocycles. The minimum absolute atomic E-state index is 0.0520. The van der Waals surface area contributed by atoms with Crippen molar-refractivity contribution in [3.8, 4) is 0 Å². The fourth-order valence-electron chi connectivity index (χ4n) is 0.965. The average molecular weight is 310 g/mol. The molecule has 0 radical (unpaired) electrons. The summed E-state index contributed by atoms with van der Waals surface area (Å²) < 4.78 is 13.4. The quantitative estimate of drug-likeness (QED) is 0.604. The molecule has 0 unspecified atom stereocenters. The van der Waals surface area contributed by atoms with Crippen LogP contribution in [0.4, 0.5) is 4.39 Å². The summed E-state index contributed by atoms with van der Waals surface area (Å²) in [6, 6.07) is 3.04. The van der Waals surface area contributed by atoms with Crippen molar-refractivity contribution in [3.63, 3.8) is 0 Å². The number of benzene rings is 1. The van der Waals surface area contributed by atoms with Crippen LogP contribution in [0.5, 0.6) is 0 Å². The maximum Gasteiger partial charge on any atom is 0.173 e. The number of rotatable bonds is 2. The molecule has 0 aliphatic rings. The van der Waals surface area contributed by atoms with Crippen LogP contribution in [0.1, 0.15) is 15.9 Å². The Hall–Kier alpha value is -0.220. The molecule has 0 aliphatic heterocycles. The first kappa shape index (κ1) is 10.9. The van der Waals surface area contributed by atoms with Gasteiger partial charge in [-0.1, -0.05) is 15.9 Å². The summed E-state index contributed by atoms with van der Waals surface area (Å²) in [5.74, 6) is -0.366. The van der Waals surface area contributed by atoms with Crippen LogP contribution in [-0.4, -0.2) is 11.1 Å². The third-order valence-electron chi connectivity index (χ3n) is 1.65. The summed E-state index contributed by atoms with van der Waals surface area (Å²) in [5.41, 5.74) is 0.987. The average Bonchev–Trinajstić information content (AvgIpc) is 2.12. The van der Waals surface area contributed by atoms with Crippen LogP contribution in [0.3, 0.4) is 0 Å². The minimum atomic E-state index is -0.314. The van der Waals surface area contributed by atoms with E-state index in [0.29, 0.717) is 15.6 Å². The fourth-order valence-corrected chi connectivity index (χ4v) is 1.85. The molecule has 0 heterocycles. The van der Waals surface area contributed by atoms with E-state index in [1.165, 1.54) is 6.07 Å². The number of hydrogen-bond acceptors (Lipinski definition) is 1. The second-order valence-electron chi connectivity index (χ2n) is 2.65. The van der Waals surface area contributed by atoms with Gasteiger partial charge in [0, 0.05) is 5.56 Å². The summed E-state index contributed by atoms with van der Waals surface area (Å²) >= 11 is 6.11. The SMILES string of the molecule is Cc1cc(C(=O)CBr)cc(Br)c1F. The number of hydrogen-bond donors (Lipinski definition) is 0. The van der Waals surface area contributed by atoms with E-state index < -0.39 is 0 Å². The molecule has 1 nitrogen and oxygen atoms in total. The zero-order valence-electron chi connectivity index (χ0n) is 6.90. The van der Waals surface area contributed by atoms with Gasteiger partial charge in [-0.15, -0.1) is 0 Å². The smallest absolute Gasteiger partial charge is 0.173 e. The first-order valence-electron chi connectivity index (χ1n) is 3.61. The van der Waals surface area contributed by atoms with Crippen LogP contribution in [-0.2, 0) is 0 Å². The van der Waals surface area contributed by atoms with Crippen LogP contribution >= 0.6 is 31.9 Å². The van der Waals surface area contributed by atoms with E-state index in [0.717, 1.165) is 0 Å². The fraction of sp³-hybridized carbons (Fsp3) is 0.222. The zero-order valence-corrected chi connectivity index (χ0v) is 10.1. The molecule has 4 heteroatoms. The van der Waals surface area contributed by atoms with Gasteiger partial charge in [0.15, 0.2) is 5.78 Å². The Morgan fingerprint density at radius 1 is 1.54 bits per heavy atom. The molecule has 0 spiro atoms. The molecule has 0 aromatic heterocycles. The molecule has 0 saturated heterocycles. The van der Waals surface area contributed by atoms with E-state index in [9.17, 15) is 9.18 Å². The highest BCUT2D eigenvalue weighted by Gasteiger charge is 2.09. The van der Waals surface area contributed by atoms with E-state index in [-0.39, 0.29) is 16.9 Å². The summed E-state index contributed by atoms with van der Waals surface area (Å²) in [6.07, 6.45) is 0. The molecule has 1 aromatic carbocycles. The topological polar surface area (TPSA) is 17.1 Å². The van der Waals surface area contributed by atoms with E-state index >= 15 is 0 Å². The zero-order chi connectivity index (χ0) is 10.0. The lowest BCUT2D eigenvalue weighted by atomic mass is 10.1. The molecular formula is C9H7Br2FO. The van der Waals surface area contributed by atoms with E-state index in [2.05, 4.69) is 31.9 Å². The molecule has 0 atom stereocenters. The molecule has 0 bridgehead atoms. The number of ketones is 1. The number of alkyl halides is 1. The molecule has 1 aromatic rings.